The molecule has 9 heteroatoms. The number of halogens is 2. The van der Waals surface area contributed by atoms with Crippen molar-refractivity contribution >= 4 is 23.4 Å². The highest BCUT2D eigenvalue weighted by Crippen LogP contribution is 2.22. The Labute approximate surface area is 149 Å². The topological polar surface area (TPSA) is 90.5 Å². The molecule has 0 aromatic heterocycles. The number of nitrogens with zero attached hydrogens (tertiary/aromatic N) is 1. The molecule has 3 rings (SSSR count). The summed E-state index contributed by atoms with van der Waals surface area (Å²) in [6, 6.07) is 1.39. The van der Waals surface area contributed by atoms with Crippen molar-refractivity contribution in [1.29, 1.82) is 0 Å². The van der Waals surface area contributed by atoms with Crippen LogP contribution in [0.25, 0.3) is 0 Å². The molecule has 3 amide bonds. The maximum atomic E-state index is 14.3. The summed E-state index contributed by atoms with van der Waals surface area (Å²) in [5.41, 5.74) is -0.199. The number of hydrogen-bond acceptors (Lipinski definition) is 5. The fourth-order valence-corrected chi connectivity index (χ4v) is 3.06. The number of anilines is 1. The molecular weight excluding hydrogens is 346 g/mol. The van der Waals surface area contributed by atoms with Crippen LogP contribution >= 0.6 is 0 Å². The zero-order chi connectivity index (χ0) is 18.7. The summed E-state index contributed by atoms with van der Waals surface area (Å²) in [6.07, 6.45) is 0.0547. The number of carbonyl (C=O) groups is 3. The Morgan fingerprint density at radius 3 is 2.46 bits per heavy atom. The molecule has 1 unspecified atom stereocenters. The third kappa shape index (κ3) is 4.16. The number of benzene rings is 1. The summed E-state index contributed by atoms with van der Waals surface area (Å²) in [5.74, 6) is -2.91. The Bertz CT molecular complexity index is 712. The van der Waals surface area contributed by atoms with Gasteiger partial charge in [-0.15, -0.1) is 0 Å². The van der Waals surface area contributed by atoms with E-state index in [2.05, 4.69) is 16.0 Å². The van der Waals surface area contributed by atoms with E-state index >= 15 is 0 Å². The number of rotatable bonds is 4. The monoisotopic (exact) mass is 366 g/mol. The van der Waals surface area contributed by atoms with Crippen molar-refractivity contribution in [2.75, 3.05) is 31.5 Å². The molecule has 0 radical (unpaired) electrons. The van der Waals surface area contributed by atoms with Gasteiger partial charge >= 0.3 is 0 Å². The van der Waals surface area contributed by atoms with E-state index < -0.39 is 23.6 Å². The van der Waals surface area contributed by atoms with Crippen molar-refractivity contribution < 1.29 is 23.2 Å². The van der Waals surface area contributed by atoms with Gasteiger partial charge in [0.1, 0.15) is 17.7 Å². The van der Waals surface area contributed by atoms with Gasteiger partial charge in [-0.2, -0.15) is 0 Å². The number of nitrogens with one attached hydrogen (secondary N) is 3. The van der Waals surface area contributed by atoms with E-state index in [4.69, 9.17) is 0 Å². The quantitative estimate of drug-likeness (QED) is 0.661. The fourth-order valence-electron chi connectivity index (χ4n) is 3.06. The first-order valence-electron chi connectivity index (χ1n) is 8.50. The Morgan fingerprint density at radius 1 is 1.19 bits per heavy atom. The van der Waals surface area contributed by atoms with Crippen molar-refractivity contribution in [3.05, 3.63) is 29.3 Å². The number of piperazine rings is 1. The van der Waals surface area contributed by atoms with E-state index in [-0.39, 0.29) is 42.3 Å². The summed E-state index contributed by atoms with van der Waals surface area (Å²) in [7, 11) is 0. The Hall–Kier alpha value is -2.55. The third-order valence-electron chi connectivity index (χ3n) is 4.52. The molecule has 3 N–H and O–H groups in total. The zero-order valence-electron chi connectivity index (χ0n) is 14.1. The van der Waals surface area contributed by atoms with Gasteiger partial charge in [-0.25, -0.2) is 8.78 Å². The second-order valence-electron chi connectivity index (χ2n) is 6.37. The fraction of sp³-hybridized carbons (Fsp3) is 0.471. The van der Waals surface area contributed by atoms with Crippen molar-refractivity contribution in [2.45, 2.75) is 25.3 Å². The molecule has 140 valence electrons. The minimum absolute atomic E-state index is 0.0906. The molecule has 1 aromatic carbocycles. The van der Waals surface area contributed by atoms with Gasteiger partial charge in [0.15, 0.2) is 0 Å². The lowest BCUT2D eigenvalue weighted by atomic mass is 10.0. The third-order valence-corrected chi connectivity index (χ3v) is 4.52. The lowest BCUT2D eigenvalue weighted by Crippen LogP contribution is -2.47. The van der Waals surface area contributed by atoms with Crippen LogP contribution in [-0.2, 0) is 20.8 Å². The normalized spacial score (nSPS) is 20.7. The van der Waals surface area contributed by atoms with Crippen molar-refractivity contribution in [2.24, 2.45) is 0 Å². The van der Waals surface area contributed by atoms with Crippen LogP contribution in [0.2, 0.25) is 0 Å². The first-order valence-corrected chi connectivity index (χ1v) is 8.50. The number of amides is 3. The van der Waals surface area contributed by atoms with Gasteiger partial charge in [0.05, 0.1) is 6.42 Å². The minimum atomic E-state index is -0.844. The Balaban J connectivity index is 1.68. The first-order chi connectivity index (χ1) is 12.4. The summed E-state index contributed by atoms with van der Waals surface area (Å²) in [4.78, 5) is 36.7. The van der Waals surface area contributed by atoms with Gasteiger partial charge in [0.25, 0.3) is 0 Å². The first kappa shape index (κ1) is 18.2. The predicted octanol–water partition coefficient (Wildman–Crippen LogP) is 0.156. The standard InChI is InChI=1S/C17H20F2N4O3/c18-12-7-10(21-14-1-2-15(24)22-17(14)26)8-13(19)11(12)9-16(25)23-5-3-20-4-6-23/h7-8,14,20-21H,1-6,9H2,(H,22,24,26). The highest BCUT2D eigenvalue weighted by Gasteiger charge is 2.27. The molecule has 0 bridgehead atoms. The molecule has 2 saturated heterocycles. The smallest absolute Gasteiger partial charge is 0.249 e. The van der Waals surface area contributed by atoms with Crippen LogP contribution in [0.1, 0.15) is 18.4 Å². The lowest BCUT2D eigenvalue weighted by Gasteiger charge is -2.27. The molecule has 2 aliphatic heterocycles. The van der Waals surface area contributed by atoms with Crippen LogP contribution in [0.5, 0.6) is 0 Å². The summed E-state index contributed by atoms with van der Waals surface area (Å²) < 4.78 is 28.7. The van der Waals surface area contributed by atoms with Crippen molar-refractivity contribution in [1.82, 2.24) is 15.5 Å². The van der Waals surface area contributed by atoms with E-state index in [1.165, 1.54) is 0 Å². The molecule has 0 saturated carbocycles. The van der Waals surface area contributed by atoms with E-state index in [9.17, 15) is 23.2 Å². The average molecular weight is 366 g/mol. The minimum Gasteiger partial charge on any atom is -0.373 e. The van der Waals surface area contributed by atoms with Crippen LogP contribution < -0.4 is 16.0 Å². The van der Waals surface area contributed by atoms with Gasteiger partial charge in [0, 0.05) is 43.9 Å². The van der Waals surface area contributed by atoms with E-state index in [1.807, 2.05) is 0 Å². The molecule has 1 aromatic rings. The second kappa shape index (κ2) is 7.77. The van der Waals surface area contributed by atoms with Crippen LogP contribution in [0.4, 0.5) is 14.5 Å². The SMILES string of the molecule is O=C1CCC(Nc2cc(F)c(CC(=O)N3CCNCC3)c(F)c2)C(=O)N1. The van der Waals surface area contributed by atoms with E-state index in [0.29, 0.717) is 26.2 Å². The zero-order valence-corrected chi connectivity index (χ0v) is 14.1. The van der Waals surface area contributed by atoms with Crippen LogP contribution in [0, 0.1) is 11.6 Å². The van der Waals surface area contributed by atoms with Crippen LogP contribution in [0.15, 0.2) is 12.1 Å². The lowest BCUT2D eigenvalue weighted by molar-refractivity contribution is -0.134. The second-order valence-corrected chi connectivity index (χ2v) is 6.37. The number of piperidine rings is 1. The largest absolute Gasteiger partial charge is 0.373 e. The van der Waals surface area contributed by atoms with Crippen LogP contribution in [-0.4, -0.2) is 54.8 Å². The molecule has 1 atom stereocenters. The summed E-state index contributed by atoms with van der Waals surface area (Å²) in [5, 5.41) is 8.00. The molecule has 2 fully saturated rings. The highest BCUT2D eigenvalue weighted by atomic mass is 19.1. The Kier molecular flexibility index (Phi) is 5.46. The Morgan fingerprint density at radius 2 is 1.85 bits per heavy atom. The van der Waals surface area contributed by atoms with E-state index in [0.717, 1.165) is 12.1 Å². The number of carbonyl (C=O) groups excluding carboxylic acids is 3. The highest BCUT2D eigenvalue weighted by molar-refractivity contribution is 6.01. The van der Waals surface area contributed by atoms with Crippen LogP contribution in [0.3, 0.4) is 0 Å². The summed E-state index contributed by atoms with van der Waals surface area (Å²) in [6.45, 7) is 2.34. The number of imide groups is 1. The summed E-state index contributed by atoms with van der Waals surface area (Å²) >= 11 is 0. The maximum Gasteiger partial charge on any atom is 0.249 e. The molecule has 0 spiro atoms. The van der Waals surface area contributed by atoms with E-state index in [1.54, 1.807) is 4.90 Å². The molecule has 26 heavy (non-hydrogen) atoms. The van der Waals surface area contributed by atoms with Gasteiger partial charge in [-0.1, -0.05) is 0 Å². The maximum absolute atomic E-state index is 14.3. The van der Waals surface area contributed by atoms with Gasteiger partial charge < -0.3 is 15.5 Å². The van der Waals surface area contributed by atoms with Gasteiger partial charge in [-0.3, -0.25) is 19.7 Å². The molecule has 2 heterocycles. The van der Waals surface area contributed by atoms with Crippen molar-refractivity contribution in [3.8, 4) is 0 Å². The number of hydrogen-bond donors (Lipinski definition) is 3. The molecular formula is C17H20F2N4O3. The molecule has 7 nitrogen and oxygen atoms in total. The predicted molar refractivity (Wildman–Crippen MR) is 89.3 cm³/mol. The molecule has 2 aliphatic rings. The molecule has 0 aliphatic carbocycles. The van der Waals surface area contributed by atoms with Gasteiger partial charge in [-0.05, 0) is 18.6 Å². The van der Waals surface area contributed by atoms with Crippen molar-refractivity contribution in [3.63, 3.8) is 0 Å². The van der Waals surface area contributed by atoms with Gasteiger partial charge in [0.2, 0.25) is 17.7 Å². The average Bonchev–Trinajstić information content (AvgIpc) is 2.61.